The summed E-state index contributed by atoms with van der Waals surface area (Å²) < 4.78 is 1.89. The Kier molecular flexibility index (Phi) is 4.95. The van der Waals surface area contributed by atoms with Gasteiger partial charge in [0.05, 0.1) is 12.2 Å². The van der Waals surface area contributed by atoms with Crippen LogP contribution in [0.5, 0.6) is 0 Å². The predicted molar refractivity (Wildman–Crippen MR) is 86.7 cm³/mol. The zero-order chi connectivity index (χ0) is 16.1. The first kappa shape index (κ1) is 15.6. The minimum Gasteiger partial charge on any atom is -0.338 e. The molecule has 3 heterocycles. The molecule has 1 saturated heterocycles. The highest BCUT2D eigenvalue weighted by molar-refractivity contribution is 5.74. The van der Waals surface area contributed by atoms with E-state index in [0.29, 0.717) is 12.5 Å². The third-order valence-corrected chi connectivity index (χ3v) is 4.33. The number of nitrogens with one attached hydrogen (secondary N) is 2. The Morgan fingerprint density at radius 1 is 1.52 bits per heavy atom. The Morgan fingerprint density at radius 2 is 2.43 bits per heavy atom. The number of H-pyrrole nitrogens is 1. The normalized spacial score (nSPS) is 19.5. The topological polar surface area (TPSA) is 78.8 Å². The van der Waals surface area contributed by atoms with E-state index in [1.54, 1.807) is 6.20 Å². The van der Waals surface area contributed by atoms with Crippen LogP contribution in [-0.2, 0) is 6.54 Å². The van der Waals surface area contributed by atoms with E-state index in [9.17, 15) is 4.79 Å². The highest BCUT2D eigenvalue weighted by Crippen LogP contribution is 2.30. The molecule has 0 aromatic carbocycles. The quantitative estimate of drug-likeness (QED) is 0.887. The molecule has 23 heavy (non-hydrogen) atoms. The minimum absolute atomic E-state index is 0.0169. The second-order valence-corrected chi connectivity index (χ2v) is 6.26. The smallest absolute Gasteiger partial charge is 0.317 e. The van der Waals surface area contributed by atoms with Crippen LogP contribution < -0.4 is 5.32 Å². The summed E-state index contributed by atoms with van der Waals surface area (Å²) in [5.41, 5.74) is 1.09. The van der Waals surface area contributed by atoms with Gasteiger partial charge in [-0.1, -0.05) is 6.92 Å². The van der Waals surface area contributed by atoms with Crippen molar-refractivity contribution < 1.29 is 4.79 Å². The number of amides is 2. The zero-order valence-corrected chi connectivity index (χ0v) is 13.5. The van der Waals surface area contributed by atoms with Gasteiger partial charge in [0.25, 0.3) is 0 Å². The van der Waals surface area contributed by atoms with Crippen molar-refractivity contribution >= 4 is 6.03 Å². The fourth-order valence-electron chi connectivity index (χ4n) is 3.12. The Hall–Kier alpha value is -2.31. The van der Waals surface area contributed by atoms with E-state index in [-0.39, 0.29) is 12.1 Å². The number of urea groups is 1. The van der Waals surface area contributed by atoms with Crippen molar-refractivity contribution in [1.82, 2.24) is 30.2 Å². The second kappa shape index (κ2) is 7.30. The van der Waals surface area contributed by atoms with E-state index in [2.05, 4.69) is 27.5 Å². The number of carbonyl (C=O) groups is 1. The lowest BCUT2D eigenvalue weighted by molar-refractivity contribution is 0.150. The van der Waals surface area contributed by atoms with Crippen LogP contribution in [-0.4, -0.2) is 44.0 Å². The first-order valence-electron chi connectivity index (χ1n) is 8.24. The van der Waals surface area contributed by atoms with Gasteiger partial charge in [0.15, 0.2) is 0 Å². The third kappa shape index (κ3) is 3.91. The lowest BCUT2D eigenvalue weighted by Crippen LogP contribution is -2.45. The van der Waals surface area contributed by atoms with E-state index in [0.717, 1.165) is 37.9 Å². The van der Waals surface area contributed by atoms with Gasteiger partial charge in [-0.25, -0.2) is 4.79 Å². The van der Waals surface area contributed by atoms with Crippen LogP contribution >= 0.6 is 0 Å². The fourth-order valence-corrected chi connectivity index (χ4v) is 3.12. The monoisotopic (exact) mass is 316 g/mol. The number of carbonyl (C=O) groups excluding carboxylic acids is 1. The molecule has 0 bridgehead atoms. The molecular weight excluding hydrogens is 292 g/mol. The highest BCUT2D eigenvalue weighted by Gasteiger charge is 2.28. The number of nitrogens with zero attached hydrogens (tertiary/aromatic N) is 4. The van der Waals surface area contributed by atoms with Crippen molar-refractivity contribution in [2.24, 2.45) is 5.92 Å². The van der Waals surface area contributed by atoms with Gasteiger partial charge in [0, 0.05) is 43.8 Å². The van der Waals surface area contributed by atoms with Crippen molar-refractivity contribution in [3.8, 4) is 0 Å². The number of hydrogen-bond donors (Lipinski definition) is 2. The summed E-state index contributed by atoms with van der Waals surface area (Å²) in [6, 6.07) is 2.06. The van der Waals surface area contributed by atoms with Crippen LogP contribution in [0.25, 0.3) is 0 Å². The molecule has 0 spiro atoms. The summed E-state index contributed by atoms with van der Waals surface area (Å²) >= 11 is 0. The van der Waals surface area contributed by atoms with Crippen molar-refractivity contribution in [2.75, 3.05) is 13.1 Å². The summed E-state index contributed by atoms with van der Waals surface area (Å²) in [6.07, 6.45) is 10.6. The first-order chi connectivity index (χ1) is 11.2. The molecule has 1 aliphatic rings. The molecule has 1 aliphatic heterocycles. The molecule has 2 atom stereocenters. The highest BCUT2D eigenvalue weighted by atomic mass is 16.2. The maximum Gasteiger partial charge on any atom is 0.317 e. The Labute approximate surface area is 136 Å². The first-order valence-corrected chi connectivity index (χ1v) is 8.24. The van der Waals surface area contributed by atoms with Crippen LogP contribution in [0.3, 0.4) is 0 Å². The molecule has 124 valence electrons. The van der Waals surface area contributed by atoms with Crippen LogP contribution in [0, 0.1) is 5.92 Å². The average Bonchev–Trinajstić information content (AvgIpc) is 3.26. The molecule has 2 amide bonds. The van der Waals surface area contributed by atoms with Crippen molar-refractivity contribution in [3.05, 3.63) is 36.4 Å². The Balaban J connectivity index is 1.53. The van der Waals surface area contributed by atoms with E-state index >= 15 is 0 Å². The van der Waals surface area contributed by atoms with E-state index in [1.807, 2.05) is 34.2 Å². The average molecular weight is 316 g/mol. The maximum absolute atomic E-state index is 12.6. The van der Waals surface area contributed by atoms with Gasteiger partial charge in [-0.05, 0) is 31.2 Å². The Morgan fingerprint density at radius 3 is 3.17 bits per heavy atom. The molecule has 0 unspecified atom stereocenters. The van der Waals surface area contributed by atoms with Crippen LogP contribution in [0.2, 0.25) is 0 Å². The van der Waals surface area contributed by atoms with E-state index < -0.39 is 0 Å². The molecule has 1 fully saturated rings. The molecule has 7 nitrogen and oxygen atoms in total. The van der Waals surface area contributed by atoms with Crippen LogP contribution in [0.4, 0.5) is 4.79 Å². The molecule has 2 aromatic rings. The number of hydrogen-bond acceptors (Lipinski definition) is 3. The number of rotatable bonds is 5. The molecule has 0 radical (unpaired) electrons. The van der Waals surface area contributed by atoms with Gasteiger partial charge in [0.1, 0.15) is 0 Å². The van der Waals surface area contributed by atoms with Crippen LogP contribution in [0.15, 0.2) is 30.9 Å². The summed E-state index contributed by atoms with van der Waals surface area (Å²) in [5.74, 6) is 0.330. The molecule has 0 saturated carbocycles. The number of likely N-dealkylation sites (tertiary alicyclic amines) is 1. The molecule has 2 N–H and O–H groups in total. The standard InChI is InChI=1S/C16H24N6O/c1-13(12-21-7-4-6-20-21)9-17-16(23)22-8-3-2-5-15(22)14-10-18-19-11-14/h4,6-7,10-11,13,15H,2-3,5,8-9,12H2,1H3,(H,17,23)(H,18,19)/t13-,15-/m0/s1. The summed E-state index contributed by atoms with van der Waals surface area (Å²) in [4.78, 5) is 14.5. The maximum atomic E-state index is 12.6. The van der Waals surface area contributed by atoms with Crippen molar-refractivity contribution in [1.29, 1.82) is 0 Å². The molecule has 7 heteroatoms. The molecule has 2 aromatic heterocycles. The van der Waals surface area contributed by atoms with Gasteiger partial charge < -0.3 is 10.2 Å². The molecule has 0 aliphatic carbocycles. The molecule has 3 rings (SSSR count). The third-order valence-electron chi connectivity index (χ3n) is 4.33. The molecular formula is C16H24N6O. The predicted octanol–water partition coefficient (Wildman–Crippen LogP) is 2.18. The summed E-state index contributed by atoms with van der Waals surface area (Å²) in [5, 5.41) is 14.1. The van der Waals surface area contributed by atoms with Gasteiger partial charge >= 0.3 is 6.03 Å². The lowest BCUT2D eigenvalue weighted by atomic mass is 9.98. The van der Waals surface area contributed by atoms with Gasteiger partial charge in [-0.2, -0.15) is 10.2 Å². The summed E-state index contributed by atoms with van der Waals surface area (Å²) in [7, 11) is 0. The van der Waals surface area contributed by atoms with E-state index in [1.165, 1.54) is 0 Å². The number of aromatic amines is 1. The lowest BCUT2D eigenvalue weighted by Gasteiger charge is -2.35. The zero-order valence-electron chi connectivity index (χ0n) is 13.5. The van der Waals surface area contributed by atoms with Crippen molar-refractivity contribution in [2.45, 2.75) is 38.8 Å². The fraction of sp³-hybridized carbons (Fsp3) is 0.562. The SMILES string of the molecule is C[C@@H](CNC(=O)N1CCCC[C@H]1c1cn[nH]c1)Cn1cccn1. The second-order valence-electron chi connectivity index (χ2n) is 6.26. The number of piperidine rings is 1. The van der Waals surface area contributed by atoms with Gasteiger partial charge in [0.2, 0.25) is 0 Å². The number of aromatic nitrogens is 4. The van der Waals surface area contributed by atoms with Gasteiger partial charge in [-0.15, -0.1) is 0 Å². The largest absolute Gasteiger partial charge is 0.338 e. The van der Waals surface area contributed by atoms with Crippen LogP contribution in [0.1, 0.15) is 37.8 Å². The van der Waals surface area contributed by atoms with E-state index in [4.69, 9.17) is 0 Å². The minimum atomic E-state index is 0.0169. The Bertz CT molecular complexity index is 594. The summed E-state index contributed by atoms with van der Waals surface area (Å²) in [6.45, 7) is 4.37. The van der Waals surface area contributed by atoms with Crippen molar-refractivity contribution in [3.63, 3.8) is 0 Å². The van der Waals surface area contributed by atoms with Gasteiger partial charge in [-0.3, -0.25) is 9.78 Å².